The van der Waals surface area contributed by atoms with Gasteiger partial charge in [-0.1, -0.05) is 19.4 Å². The molecule has 0 saturated carbocycles. The first kappa shape index (κ1) is 20.6. The molecule has 4 nitrogen and oxygen atoms in total. The maximum atomic E-state index is 13.2. The fraction of sp³-hybridized carbons (Fsp3) is 0.714. The van der Waals surface area contributed by atoms with Crippen LogP contribution in [0.3, 0.4) is 0 Å². The van der Waals surface area contributed by atoms with Crippen LogP contribution in [-0.4, -0.2) is 39.0 Å². The van der Waals surface area contributed by atoms with Gasteiger partial charge in [0.15, 0.2) is 24.2 Å². The molecule has 0 aliphatic carbocycles. The standard InChI is InChI=1S/C21H30F2O4/c1-2-3-16-11-24-21(25-12-16)9-6-17-13-26-20(27-14-17)8-5-15-4-7-18(22)19(23)10-15/h4,7,10,16-17,20-21H,2-3,5-6,8-9,11-14H2,1H3. The van der Waals surface area contributed by atoms with Crippen LogP contribution in [0.1, 0.15) is 44.6 Å². The van der Waals surface area contributed by atoms with Crippen LogP contribution in [0.2, 0.25) is 0 Å². The molecule has 0 aromatic heterocycles. The van der Waals surface area contributed by atoms with Gasteiger partial charge in [-0.05, 0) is 43.4 Å². The normalized spacial score (nSPS) is 29.0. The molecule has 1 aromatic carbocycles. The molecule has 0 amide bonds. The van der Waals surface area contributed by atoms with E-state index in [4.69, 9.17) is 18.9 Å². The van der Waals surface area contributed by atoms with Crippen LogP contribution in [0.4, 0.5) is 8.78 Å². The van der Waals surface area contributed by atoms with Gasteiger partial charge < -0.3 is 18.9 Å². The summed E-state index contributed by atoms with van der Waals surface area (Å²) in [6.45, 7) is 5.06. The average molecular weight is 384 g/mol. The zero-order chi connectivity index (χ0) is 19.1. The van der Waals surface area contributed by atoms with Crippen molar-refractivity contribution in [2.24, 2.45) is 11.8 Å². The highest BCUT2D eigenvalue weighted by molar-refractivity contribution is 5.17. The summed E-state index contributed by atoms with van der Waals surface area (Å²) in [6.07, 6.45) is 4.95. The summed E-state index contributed by atoms with van der Waals surface area (Å²) < 4.78 is 49.4. The molecule has 0 spiro atoms. The monoisotopic (exact) mass is 384 g/mol. The molecule has 1 aromatic rings. The third-order valence-electron chi connectivity index (χ3n) is 5.23. The van der Waals surface area contributed by atoms with Crippen molar-refractivity contribution in [1.82, 2.24) is 0 Å². The predicted molar refractivity (Wildman–Crippen MR) is 97.2 cm³/mol. The predicted octanol–water partition coefficient (Wildman–Crippen LogP) is 4.46. The zero-order valence-corrected chi connectivity index (χ0v) is 16.0. The lowest BCUT2D eigenvalue weighted by atomic mass is 10.0. The van der Waals surface area contributed by atoms with Crippen molar-refractivity contribution in [1.29, 1.82) is 0 Å². The van der Waals surface area contributed by atoms with Crippen LogP contribution >= 0.6 is 0 Å². The Bertz CT molecular complexity index is 567. The number of hydrogen-bond acceptors (Lipinski definition) is 4. The maximum Gasteiger partial charge on any atom is 0.159 e. The van der Waals surface area contributed by atoms with Gasteiger partial charge in [0, 0.05) is 18.3 Å². The van der Waals surface area contributed by atoms with E-state index in [1.54, 1.807) is 6.07 Å². The number of benzene rings is 1. The van der Waals surface area contributed by atoms with Crippen molar-refractivity contribution >= 4 is 0 Å². The minimum absolute atomic E-state index is 0.107. The van der Waals surface area contributed by atoms with Crippen molar-refractivity contribution in [3.8, 4) is 0 Å². The van der Waals surface area contributed by atoms with E-state index in [9.17, 15) is 8.78 Å². The number of halogens is 2. The van der Waals surface area contributed by atoms with E-state index in [-0.39, 0.29) is 12.6 Å². The summed E-state index contributed by atoms with van der Waals surface area (Å²) in [5.41, 5.74) is 0.746. The Morgan fingerprint density at radius 3 is 1.96 bits per heavy atom. The number of ether oxygens (including phenoxy) is 4. The Morgan fingerprint density at radius 1 is 0.778 bits per heavy atom. The molecule has 0 unspecified atom stereocenters. The summed E-state index contributed by atoms with van der Waals surface area (Å²) in [7, 11) is 0. The first-order valence-electron chi connectivity index (χ1n) is 10.0. The van der Waals surface area contributed by atoms with Gasteiger partial charge in [-0.25, -0.2) is 8.78 Å². The lowest BCUT2D eigenvalue weighted by Gasteiger charge is -2.32. The number of aryl methyl sites for hydroxylation is 1. The molecule has 0 bridgehead atoms. The summed E-state index contributed by atoms with van der Waals surface area (Å²) in [5, 5.41) is 0. The summed E-state index contributed by atoms with van der Waals surface area (Å²) in [5.74, 6) is -0.766. The fourth-order valence-corrected chi connectivity index (χ4v) is 3.59. The van der Waals surface area contributed by atoms with E-state index in [0.717, 1.165) is 50.5 Å². The van der Waals surface area contributed by atoms with Gasteiger partial charge in [-0.3, -0.25) is 0 Å². The quantitative estimate of drug-likeness (QED) is 0.663. The molecule has 0 radical (unpaired) electrons. The Balaban J connectivity index is 1.29. The van der Waals surface area contributed by atoms with E-state index in [1.807, 2.05) is 0 Å². The molecule has 2 saturated heterocycles. The molecule has 2 aliphatic rings. The Morgan fingerprint density at radius 2 is 1.37 bits per heavy atom. The van der Waals surface area contributed by atoms with Crippen LogP contribution in [0, 0.1) is 23.5 Å². The van der Waals surface area contributed by atoms with Gasteiger partial charge in [0.05, 0.1) is 26.4 Å². The van der Waals surface area contributed by atoms with Crippen molar-refractivity contribution < 1.29 is 27.7 Å². The summed E-state index contributed by atoms with van der Waals surface area (Å²) in [6, 6.07) is 3.98. The first-order chi connectivity index (χ1) is 13.1. The van der Waals surface area contributed by atoms with Crippen LogP contribution in [0.25, 0.3) is 0 Å². The van der Waals surface area contributed by atoms with E-state index in [2.05, 4.69) is 6.92 Å². The van der Waals surface area contributed by atoms with E-state index in [0.29, 0.717) is 37.9 Å². The van der Waals surface area contributed by atoms with Gasteiger partial charge in [-0.2, -0.15) is 0 Å². The summed E-state index contributed by atoms with van der Waals surface area (Å²) in [4.78, 5) is 0. The van der Waals surface area contributed by atoms with Gasteiger partial charge in [-0.15, -0.1) is 0 Å². The van der Waals surface area contributed by atoms with Gasteiger partial charge in [0.1, 0.15) is 0 Å². The topological polar surface area (TPSA) is 36.9 Å². The largest absolute Gasteiger partial charge is 0.352 e. The Kier molecular flexibility index (Phi) is 8.00. The molecule has 2 fully saturated rings. The first-order valence-corrected chi connectivity index (χ1v) is 10.0. The molecule has 2 heterocycles. The third-order valence-corrected chi connectivity index (χ3v) is 5.23. The molecular weight excluding hydrogens is 354 g/mol. The Hall–Kier alpha value is -1.08. The van der Waals surface area contributed by atoms with Crippen LogP contribution in [-0.2, 0) is 25.4 Å². The van der Waals surface area contributed by atoms with Gasteiger partial charge in [0.2, 0.25) is 0 Å². The summed E-state index contributed by atoms with van der Waals surface area (Å²) >= 11 is 0. The molecule has 6 heteroatoms. The van der Waals surface area contributed by atoms with Crippen LogP contribution < -0.4 is 0 Å². The minimum Gasteiger partial charge on any atom is -0.352 e. The van der Waals surface area contributed by atoms with E-state index in [1.165, 1.54) is 6.07 Å². The highest BCUT2D eigenvalue weighted by atomic mass is 19.2. The number of rotatable bonds is 8. The highest BCUT2D eigenvalue weighted by Gasteiger charge is 2.26. The second kappa shape index (κ2) is 10.5. The van der Waals surface area contributed by atoms with Crippen molar-refractivity contribution in [2.45, 2.75) is 58.0 Å². The molecule has 152 valence electrons. The Labute approximate surface area is 160 Å². The SMILES string of the molecule is CCCC1COC(CCC2COC(CCc3ccc(F)c(F)c3)OC2)OC1. The van der Waals surface area contributed by atoms with Crippen molar-refractivity contribution in [2.75, 3.05) is 26.4 Å². The maximum absolute atomic E-state index is 13.2. The van der Waals surface area contributed by atoms with E-state index < -0.39 is 11.6 Å². The van der Waals surface area contributed by atoms with Crippen molar-refractivity contribution in [3.63, 3.8) is 0 Å². The van der Waals surface area contributed by atoms with Crippen LogP contribution in [0.15, 0.2) is 18.2 Å². The molecule has 0 N–H and O–H groups in total. The third kappa shape index (κ3) is 6.49. The van der Waals surface area contributed by atoms with E-state index >= 15 is 0 Å². The lowest BCUT2D eigenvalue weighted by Crippen LogP contribution is -2.35. The minimum atomic E-state index is -0.821. The van der Waals surface area contributed by atoms with Gasteiger partial charge >= 0.3 is 0 Å². The molecular formula is C21H30F2O4. The fourth-order valence-electron chi connectivity index (χ4n) is 3.59. The smallest absolute Gasteiger partial charge is 0.159 e. The van der Waals surface area contributed by atoms with Crippen LogP contribution in [0.5, 0.6) is 0 Å². The second-order valence-corrected chi connectivity index (χ2v) is 7.58. The highest BCUT2D eigenvalue weighted by Crippen LogP contribution is 2.24. The molecule has 2 aliphatic heterocycles. The molecule has 27 heavy (non-hydrogen) atoms. The van der Waals surface area contributed by atoms with Crippen molar-refractivity contribution in [3.05, 3.63) is 35.4 Å². The number of hydrogen-bond donors (Lipinski definition) is 0. The second-order valence-electron chi connectivity index (χ2n) is 7.58. The van der Waals surface area contributed by atoms with Gasteiger partial charge in [0.25, 0.3) is 0 Å². The molecule has 0 atom stereocenters. The average Bonchev–Trinajstić information content (AvgIpc) is 2.69. The lowest BCUT2D eigenvalue weighted by molar-refractivity contribution is -0.219. The molecule has 3 rings (SSSR count). The zero-order valence-electron chi connectivity index (χ0n) is 16.0.